The van der Waals surface area contributed by atoms with Gasteiger partial charge in [0.05, 0.1) is 5.92 Å². The van der Waals surface area contributed by atoms with E-state index in [1.165, 1.54) is 11.1 Å². The molecule has 25 heavy (non-hydrogen) atoms. The van der Waals surface area contributed by atoms with Gasteiger partial charge in [-0.05, 0) is 24.0 Å². The molecule has 1 fully saturated rings. The van der Waals surface area contributed by atoms with Crippen LogP contribution in [-0.2, 0) is 17.9 Å². The van der Waals surface area contributed by atoms with Crippen LogP contribution in [0.1, 0.15) is 43.2 Å². The molecule has 1 saturated carbocycles. The summed E-state index contributed by atoms with van der Waals surface area (Å²) < 4.78 is 0. The molecule has 1 N–H and O–H groups in total. The number of hydrogen-bond donors (Lipinski definition) is 1. The molecule has 1 aliphatic carbocycles. The molecule has 0 spiro atoms. The van der Waals surface area contributed by atoms with Gasteiger partial charge in [0, 0.05) is 19.1 Å². The third-order valence-electron chi connectivity index (χ3n) is 5.22. The third kappa shape index (κ3) is 4.93. The Morgan fingerprint density at radius 3 is 1.88 bits per heavy atom. The number of hydrogen-bond acceptors (Lipinski definition) is 2. The zero-order valence-electron chi connectivity index (χ0n) is 14.7. The molecule has 2 aromatic rings. The largest absolute Gasteiger partial charge is 0.481 e. The first-order valence-electron chi connectivity index (χ1n) is 9.29. The van der Waals surface area contributed by atoms with E-state index in [9.17, 15) is 9.90 Å². The molecule has 0 aliphatic heterocycles. The topological polar surface area (TPSA) is 40.5 Å². The van der Waals surface area contributed by atoms with Gasteiger partial charge in [-0.3, -0.25) is 9.69 Å². The zero-order chi connectivity index (χ0) is 17.5. The second-order valence-electron chi connectivity index (χ2n) is 7.03. The summed E-state index contributed by atoms with van der Waals surface area (Å²) in [4.78, 5) is 14.3. The molecule has 132 valence electrons. The third-order valence-corrected chi connectivity index (χ3v) is 5.22. The minimum absolute atomic E-state index is 0.0976. The van der Waals surface area contributed by atoms with Crippen LogP contribution in [0.4, 0.5) is 0 Å². The second kappa shape index (κ2) is 8.82. The lowest BCUT2D eigenvalue weighted by Gasteiger charge is -2.35. The average molecular weight is 337 g/mol. The Morgan fingerprint density at radius 1 is 0.840 bits per heavy atom. The van der Waals surface area contributed by atoms with Crippen molar-refractivity contribution >= 4 is 5.97 Å². The lowest BCUT2D eigenvalue weighted by molar-refractivity contribution is -0.144. The molecule has 3 heteroatoms. The lowest BCUT2D eigenvalue weighted by atomic mass is 9.92. The molecule has 0 heterocycles. The molecule has 0 saturated heterocycles. The smallest absolute Gasteiger partial charge is 0.308 e. The van der Waals surface area contributed by atoms with Crippen molar-refractivity contribution < 1.29 is 9.90 Å². The van der Waals surface area contributed by atoms with Crippen LogP contribution in [0.15, 0.2) is 60.7 Å². The Hall–Kier alpha value is -2.13. The van der Waals surface area contributed by atoms with Crippen molar-refractivity contribution in [2.24, 2.45) is 5.92 Å². The minimum Gasteiger partial charge on any atom is -0.481 e. The fourth-order valence-electron chi connectivity index (χ4n) is 3.94. The highest BCUT2D eigenvalue weighted by Crippen LogP contribution is 2.30. The Morgan fingerprint density at radius 2 is 1.36 bits per heavy atom. The van der Waals surface area contributed by atoms with E-state index in [2.05, 4.69) is 53.4 Å². The van der Waals surface area contributed by atoms with E-state index in [1.54, 1.807) is 0 Å². The van der Waals surface area contributed by atoms with Gasteiger partial charge in [-0.2, -0.15) is 0 Å². The maximum atomic E-state index is 11.9. The number of carbonyl (C=O) groups is 1. The van der Waals surface area contributed by atoms with E-state index in [4.69, 9.17) is 0 Å². The quantitative estimate of drug-likeness (QED) is 0.775. The number of carboxylic acid groups (broad SMARTS) is 1. The molecule has 3 rings (SSSR count). The molecular weight excluding hydrogens is 310 g/mol. The zero-order valence-corrected chi connectivity index (χ0v) is 14.7. The lowest BCUT2D eigenvalue weighted by Crippen LogP contribution is -2.42. The summed E-state index contributed by atoms with van der Waals surface area (Å²) in [5, 5.41) is 9.79. The average Bonchev–Trinajstić information content (AvgIpc) is 2.89. The Labute approximate surface area is 150 Å². The molecule has 2 atom stereocenters. The van der Waals surface area contributed by atoms with Crippen LogP contribution in [0.3, 0.4) is 0 Å². The molecular formula is C22H27NO2. The highest BCUT2D eigenvalue weighted by molar-refractivity contribution is 5.71. The van der Waals surface area contributed by atoms with Gasteiger partial charge in [-0.1, -0.05) is 79.9 Å². The summed E-state index contributed by atoms with van der Waals surface area (Å²) in [7, 11) is 0. The Bertz CT molecular complexity index is 615. The fourth-order valence-corrected chi connectivity index (χ4v) is 3.94. The van der Waals surface area contributed by atoms with Crippen LogP contribution in [0, 0.1) is 5.92 Å². The van der Waals surface area contributed by atoms with Crippen molar-refractivity contribution in [3.8, 4) is 0 Å². The van der Waals surface area contributed by atoms with Crippen molar-refractivity contribution in [2.45, 2.75) is 51.2 Å². The molecule has 1 aliphatic rings. The van der Waals surface area contributed by atoms with E-state index in [0.29, 0.717) is 0 Å². The van der Waals surface area contributed by atoms with E-state index in [0.717, 1.165) is 45.2 Å². The van der Waals surface area contributed by atoms with Crippen molar-refractivity contribution in [3.05, 3.63) is 71.8 Å². The number of carboxylic acids is 1. The van der Waals surface area contributed by atoms with Gasteiger partial charge >= 0.3 is 5.97 Å². The first-order chi connectivity index (χ1) is 12.2. The van der Waals surface area contributed by atoms with Gasteiger partial charge in [0.15, 0.2) is 0 Å². The minimum atomic E-state index is -0.641. The van der Waals surface area contributed by atoms with Gasteiger partial charge in [0.25, 0.3) is 0 Å². The van der Waals surface area contributed by atoms with Gasteiger partial charge < -0.3 is 5.11 Å². The Balaban J connectivity index is 1.86. The van der Waals surface area contributed by atoms with E-state index in [1.807, 2.05) is 12.1 Å². The molecule has 2 unspecified atom stereocenters. The highest BCUT2D eigenvalue weighted by Gasteiger charge is 2.33. The predicted octanol–water partition coefficient (Wildman–Crippen LogP) is 4.72. The van der Waals surface area contributed by atoms with Crippen LogP contribution in [0.5, 0.6) is 0 Å². The van der Waals surface area contributed by atoms with Gasteiger partial charge in [0.2, 0.25) is 0 Å². The highest BCUT2D eigenvalue weighted by atomic mass is 16.4. The summed E-state index contributed by atoms with van der Waals surface area (Å²) >= 11 is 0. The number of aliphatic carboxylic acids is 1. The van der Waals surface area contributed by atoms with Gasteiger partial charge in [-0.25, -0.2) is 0 Å². The van der Waals surface area contributed by atoms with Crippen LogP contribution in [0.25, 0.3) is 0 Å². The molecule has 2 aromatic carbocycles. The van der Waals surface area contributed by atoms with Crippen LogP contribution in [0.2, 0.25) is 0 Å². The number of rotatable bonds is 6. The fraction of sp³-hybridized carbons (Fsp3) is 0.409. The van der Waals surface area contributed by atoms with E-state index >= 15 is 0 Å². The van der Waals surface area contributed by atoms with Crippen LogP contribution < -0.4 is 0 Å². The number of benzene rings is 2. The molecule has 0 amide bonds. The van der Waals surface area contributed by atoms with Crippen LogP contribution in [-0.4, -0.2) is 22.0 Å². The standard InChI is InChI=1S/C22H27NO2/c24-22(25)20-14-8-3-9-15-21(20)23(16-18-10-4-1-5-11-18)17-19-12-6-2-7-13-19/h1-2,4-7,10-13,20-21H,3,8-9,14-17H2,(H,24,25). The van der Waals surface area contributed by atoms with E-state index < -0.39 is 5.97 Å². The normalized spacial score (nSPS) is 21.0. The Kier molecular flexibility index (Phi) is 6.24. The van der Waals surface area contributed by atoms with Gasteiger partial charge in [-0.15, -0.1) is 0 Å². The van der Waals surface area contributed by atoms with Gasteiger partial charge in [0.1, 0.15) is 0 Å². The summed E-state index contributed by atoms with van der Waals surface area (Å²) in [6.45, 7) is 1.59. The van der Waals surface area contributed by atoms with Crippen molar-refractivity contribution in [3.63, 3.8) is 0 Å². The molecule has 0 bridgehead atoms. The molecule has 0 radical (unpaired) electrons. The second-order valence-corrected chi connectivity index (χ2v) is 7.03. The van der Waals surface area contributed by atoms with Crippen molar-refractivity contribution in [1.82, 2.24) is 4.90 Å². The summed E-state index contributed by atoms with van der Waals surface area (Å²) in [5.41, 5.74) is 2.48. The van der Waals surface area contributed by atoms with Crippen LogP contribution >= 0.6 is 0 Å². The first kappa shape index (κ1) is 17.7. The maximum absolute atomic E-state index is 11.9. The SMILES string of the molecule is O=C(O)C1CCCCCC1N(Cc1ccccc1)Cc1ccccc1. The summed E-state index contributed by atoms with van der Waals surface area (Å²) in [5.74, 6) is -0.909. The first-order valence-corrected chi connectivity index (χ1v) is 9.29. The summed E-state index contributed by atoms with van der Waals surface area (Å²) in [6.07, 6.45) is 5.05. The monoisotopic (exact) mass is 337 g/mol. The predicted molar refractivity (Wildman–Crippen MR) is 100 cm³/mol. The van der Waals surface area contributed by atoms with Crippen molar-refractivity contribution in [2.75, 3.05) is 0 Å². The van der Waals surface area contributed by atoms with E-state index in [-0.39, 0.29) is 12.0 Å². The van der Waals surface area contributed by atoms with Crippen molar-refractivity contribution in [1.29, 1.82) is 0 Å². The maximum Gasteiger partial charge on any atom is 0.308 e. The molecule has 0 aromatic heterocycles. The summed E-state index contributed by atoms with van der Waals surface area (Å²) in [6, 6.07) is 20.9. The molecule has 3 nitrogen and oxygen atoms in total. The number of nitrogens with zero attached hydrogens (tertiary/aromatic N) is 1.